The van der Waals surface area contributed by atoms with Crippen molar-refractivity contribution in [2.24, 2.45) is 11.3 Å². The van der Waals surface area contributed by atoms with Gasteiger partial charge in [-0.25, -0.2) is 19.3 Å². The summed E-state index contributed by atoms with van der Waals surface area (Å²) in [6.45, 7) is 18.5. The number of piperidine rings is 1. The molecule has 4 aliphatic heterocycles. The Morgan fingerprint density at radius 3 is 2.30 bits per heavy atom. The fourth-order valence-electron chi connectivity index (χ4n) is 12.1. The fraction of sp³-hybridized carbons (Fsp3) is 0.500. The Hall–Kier alpha value is -5.90. The zero-order chi connectivity index (χ0) is 56.4. The number of likely N-dealkylation sites (tertiary alicyclic amines) is 2. The van der Waals surface area contributed by atoms with Crippen molar-refractivity contribution in [3.8, 4) is 27.3 Å². The van der Waals surface area contributed by atoms with Crippen LogP contribution >= 0.6 is 22.9 Å². The summed E-state index contributed by atoms with van der Waals surface area (Å²) in [6, 6.07) is 18.2. The number of aromatic nitrogens is 3. The van der Waals surface area contributed by atoms with Gasteiger partial charge < -0.3 is 46.0 Å². The summed E-state index contributed by atoms with van der Waals surface area (Å²) in [5.41, 5.74) is 4.81. The van der Waals surface area contributed by atoms with Gasteiger partial charge in [0.2, 0.25) is 17.7 Å². The van der Waals surface area contributed by atoms with Gasteiger partial charge in [-0.15, -0.1) is 11.3 Å². The van der Waals surface area contributed by atoms with Crippen LogP contribution in [0, 0.1) is 24.1 Å². The summed E-state index contributed by atoms with van der Waals surface area (Å²) in [5.74, 6) is -0.665. The van der Waals surface area contributed by atoms with Crippen LogP contribution in [0.25, 0.3) is 43.2 Å². The number of nitrogens with one attached hydrogen (secondary N) is 3. The third-order valence-corrected chi connectivity index (χ3v) is 17.9. The van der Waals surface area contributed by atoms with Crippen LogP contribution in [0.4, 0.5) is 10.2 Å². The molecule has 80 heavy (non-hydrogen) atoms. The number of aliphatic hydroxyl groups is 2. The molecule has 2 unspecified atom stereocenters. The quantitative estimate of drug-likeness (QED) is 0.0608. The predicted octanol–water partition coefficient (Wildman–Crippen LogP) is 6.57. The number of aryl methyl sites for hydroxylation is 1. The number of aliphatic hydroxyl groups excluding tert-OH is 2. The van der Waals surface area contributed by atoms with Crippen molar-refractivity contribution < 1.29 is 34.1 Å². The number of anilines is 1. The number of carbonyl (C=O) groups is 3. The molecule has 0 spiro atoms. The Morgan fingerprint density at radius 2 is 1.61 bits per heavy atom. The average Bonchev–Trinajstić information content (AvgIpc) is 4.20. The average molecular weight is 1130 g/mol. The van der Waals surface area contributed by atoms with Crippen molar-refractivity contribution in [2.75, 3.05) is 103 Å². The molecule has 0 aliphatic carbocycles. The van der Waals surface area contributed by atoms with E-state index >= 15 is 4.39 Å². The standard InChI is InChI=1S/C60H75ClFN11O6S/c1-36(39-10-12-40(13-11-39)54-37(2)64-35-80-54)65-58(78)49-28-44(76)32-73(49)59(79)55(60(3,4)5)66-50(77)33-69-18-14-38(15-19-69)30-70-22-24-71(25-23-70)31-42(34-74)56-67-53-47(57(68-56)72-20-16-63-17-21-72)29-48(61)51(52(53)62)46-27-43(75)26-41-8-6-7-9-45(41)46/h6-13,26-27,29,35-36,38,42,44,49,55,63,74-76H,14-25,28,30-34H2,1-5H3,(H,65,78)(H,66,77)/t36-,42-,44?,49?,55+/m0/s1. The highest BCUT2D eigenvalue weighted by atomic mass is 35.5. The Kier molecular flexibility index (Phi) is 17.7. The largest absolute Gasteiger partial charge is 0.508 e. The molecule has 0 bridgehead atoms. The number of rotatable bonds is 16. The number of hydrogen-bond acceptors (Lipinski definition) is 15. The lowest BCUT2D eigenvalue weighted by Gasteiger charge is -2.39. The number of thiazole rings is 1. The molecule has 17 nitrogen and oxygen atoms in total. The van der Waals surface area contributed by atoms with Crippen LogP contribution in [0.3, 0.4) is 0 Å². The molecule has 6 heterocycles. The van der Waals surface area contributed by atoms with Crippen molar-refractivity contribution in [3.05, 3.63) is 100 Å². The number of hydrogen-bond donors (Lipinski definition) is 6. The first-order valence-electron chi connectivity index (χ1n) is 28.2. The Balaban J connectivity index is 0.720. The van der Waals surface area contributed by atoms with Crippen molar-refractivity contribution in [2.45, 2.75) is 84.0 Å². The van der Waals surface area contributed by atoms with E-state index in [4.69, 9.17) is 21.6 Å². The van der Waals surface area contributed by atoms with E-state index in [1.807, 2.05) is 88.7 Å². The normalized spacial score (nSPS) is 20.3. The predicted molar refractivity (Wildman–Crippen MR) is 312 cm³/mol. The molecule has 4 aromatic carbocycles. The first-order chi connectivity index (χ1) is 38.4. The van der Waals surface area contributed by atoms with E-state index in [2.05, 4.69) is 40.5 Å². The molecule has 3 amide bonds. The zero-order valence-electron chi connectivity index (χ0n) is 46.4. The number of amides is 3. The molecule has 6 N–H and O–H groups in total. The topological polar surface area (TPSA) is 203 Å². The van der Waals surface area contributed by atoms with Gasteiger partial charge in [0.05, 0.1) is 52.3 Å². The van der Waals surface area contributed by atoms with E-state index in [9.17, 15) is 29.7 Å². The number of aromatic hydroxyl groups is 1. The third kappa shape index (κ3) is 12.7. The highest BCUT2D eigenvalue weighted by molar-refractivity contribution is 7.13. The van der Waals surface area contributed by atoms with Gasteiger partial charge in [-0.3, -0.25) is 24.2 Å². The number of carbonyl (C=O) groups excluding carboxylic acids is 3. The molecule has 426 valence electrons. The molecular formula is C60H75ClFN11O6S. The number of piperazine rings is 2. The number of benzene rings is 4. The maximum atomic E-state index is 17.2. The summed E-state index contributed by atoms with van der Waals surface area (Å²) >= 11 is 8.54. The Labute approximate surface area is 476 Å². The van der Waals surface area contributed by atoms with Gasteiger partial charge in [-0.1, -0.05) is 80.9 Å². The minimum absolute atomic E-state index is 0.00250. The van der Waals surface area contributed by atoms with E-state index in [1.54, 1.807) is 23.5 Å². The molecule has 6 aromatic rings. The highest BCUT2D eigenvalue weighted by Gasteiger charge is 2.45. The van der Waals surface area contributed by atoms with Crippen molar-refractivity contribution >= 4 is 68.2 Å². The molecule has 20 heteroatoms. The van der Waals surface area contributed by atoms with Gasteiger partial charge in [0.1, 0.15) is 35.0 Å². The Morgan fingerprint density at radius 1 is 0.900 bits per heavy atom. The van der Waals surface area contributed by atoms with Gasteiger partial charge in [-0.2, -0.15) is 0 Å². The minimum Gasteiger partial charge on any atom is -0.508 e. The first kappa shape index (κ1) is 57.3. The first-order valence-corrected chi connectivity index (χ1v) is 29.4. The van der Waals surface area contributed by atoms with Crippen molar-refractivity contribution in [3.63, 3.8) is 0 Å². The van der Waals surface area contributed by atoms with Crippen molar-refractivity contribution in [1.82, 2.24) is 50.5 Å². The van der Waals surface area contributed by atoms with Gasteiger partial charge in [-0.05, 0) is 96.8 Å². The molecule has 4 fully saturated rings. The van der Waals surface area contributed by atoms with Crippen LogP contribution in [-0.2, 0) is 14.4 Å². The summed E-state index contributed by atoms with van der Waals surface area (Å²) in [6.07, 6.45) is 1.10. The second kappa shape index (κ2) is 24.7. The molecule has 4 saturated heterocycles. The van der Waals surface area contributed by atoms with Gasteiger partial charge >= 0.3 is 0 Å². The lowest BCUT2D eigenvalue weighted by Crippen LogP contribution is -2.59. The number of fused-ring (bicyclic) bond motifs is 2. The number of halogens is 2. The fourth-order valence-corrected chi connectivity index (χ4v) is 13.2. The Bertz CT molecular complexity index is 3190. The molecule has 5 atom stereocenters. The number of phenols is 1. The summed E-state index contributed by atoms with van der Waals surface area (Å²) < 4.78 is 17.2. The van der Waals surface area contributed by atoms with E-state index in [0.29, 0.717) is 48.1 Å². The second-order valence-electron chi connectivity index (χ2n) is 23.4. The van der Waals surface area contributed by atoms with Gasteiger partial charge in [0.15, 0.2) is 5.82 Å². The van der Waals surface area contributed by atoms with Gasteiger partial charge in [0, 0.05) is 89.4 Å². The molecule has 0 radical (unpaired) electrons. The van der Waals surface area contributed by atoms with Crippen LogP contribution in [-0.4, -0.2) is 184 Å². The SMILES string of the molecule is Cc1ncsc1-c1ccc([C@H](C)NC(=O)C2CC(O)CN2C(=O)[C@@H](NC(=O)CN2CCC(CN3CCN(C[C@@H](CO)c4nc(N5CCNCC5)c5cc(Cl)c(-c6cc(O)cc7ccccc67)c(F)c5n4)CC3)CC2)C(C)(C)C)cc1. The number of nitrogens with zero attached hydrogens (tertiary/aromatic N) is 8. The maximum Gasteiger partial charge on any atom is 0.246 e. The van der Waals surface area contributed by atoms with Crippen LogP contribution in [0.15, 0.2) is 72.2 Å². The molecule has 4 aliphatic rings. The second-order valence-corrected chi connectivity index (χ2v) is 24.6. The molecule has 10 rings (SSSR count). The molecular weight excluding hydrogens is 1060 g/mol. The zero-order valence-corrected chi connectivity index (χ0v) is 48.0. The highest BCUT2D eigenvalue weighted by Crippen LogP contribution is 2.43. The van der Waals surface area contributed by atoms with Crippen LogP contribution < -0.4 is 20.9 Å². The minimum atomic E-state index is -0.913. The summed E-state index contributed by atoms with van der Waals surface area (Å²) in [5, 5.41) is 44.1. The summed E-state index contributed by atoms with van der Waals surface area (Å²) in [4.78, 5) is 67.9. The van der Waals surface area contributed by atoms with Crippen molar-refractivity contribution in [1.29, 1.82) is 0 Å². The molecule has 2 aromatic heterocycles. The smallest absolute Gasteiger partial charge is 0.246 e. The lowest BCUT2D eigenvalue weighted by molar-refractivity contribution is -0.144. The number of phenolic OH excluding ortho intramolecular Hbond substituents is 1. The van der Waals surface area contributed by atoms with E-state index < -0.39 is 35.3 Å². The van der Waals surface area contributed by atoms with Gasteiger partial charge in [0.25, 0.3) is 0 Å². The lowest BCUT2D eigenvalue weighted by atomic mass is 9.85. The van der Waals surface area contributed by atoms with E-state index in [0.717, 1.165) is 104 Å². The number of β-amino-alcohol motifs (C(OH)–C–C–N with tert-alkyl or cyclic N) is 1. The van der Waals surface area contributed by atoms with E-state index in [1.165, 1.54) is 11.0 Å². The van der Waals surface area contributed by atoms with E-state index in [-0.39, 0.29) is 71.7 Å². The van der Waals surface area contributed by atoms with Crippen LogP contribution in [0.5, 0.6) is 5.75 Å². The van der Waals surface area contributed by atoms with Crippen LogP contribution in [0.2, 0.25) is 5.02 Å². The maximum absolute atomic E-state index is 17.2. The van der Waals surface area contributed by atoms with Crippen LogP contribution in [0.1, 0.15) is 76.0 Å². The third-order valence-electron chi connectivity index (χ3n) is 16.6. The monoisotopic (exact) mass is 1130 g/mol. The summed E-state index contributed by atoms with van der Waals surface area (Å²) in [7, 11) is 0. The molecule has 0 saturated carbocycles.